The first kappa shape index (κ1) is 14.5. The fraction of sp³-hybridized carbons (Fsp3) is 0.333. The lowest BCUT2D eigenvalue weighted by Crippen LogP contribution is -2.08. The predicted molar refractivity (Wildman–Crippen MR) is 67.4 cm³/mol. The van der Waals surface area contributed by atoms with Gasteiger partial charge in [-0.15, -0.1) is 0 Å². The lowest BCUT2D eigenvalue weighted by molar-refractivity contribution is -0.147. The van der Waals surface area contributed by atoms with Crippen molar-refractivity contribution in [3.05, 3.63) is 28.2 Å². The number of esters is 2. The zero-order valence-electron chi connectivity index (χ0n) is 10.1. The third kappa shape index (κ3) is 4.37. The second-order valence-corrected chi connectivity index (χ2v) is 4.12. The molecule has 1 aromatic rings. The van der Waals surface area contributed by atoms with Gasteiger partial charge in [0.15, 0.2) is 0 Å². The summed E-state index contributed by atoms with van der Waals surface area (Å²) in [7, 11) is 0. The van der Waals surface area contributed by atoms with Crippen LogP contribution in [0.1, 0.15) is 24.2 Å². The van der Waals surface area contributed by atoms with E-state index in [0.29, 0.717) is 22.4 Å². The lowest BCUT2D eigenvalue weighted by atomic mass is 10.2. The van der Waals surface area contributed by atoms with Crippen LogP contribution in [0.5, 0.6) is 5.75 Å². The standard InChI is InChI=1S/C12H13BrO5/c1-3-16-12(15)9-4-5-10(13)11(6-9)18-7-17-8(2)14/h4-6H,3,7H2,1-2H3. The van der Waals surface area contributed by atoms with Crippen LogP contribution in [0.4, 0.5) is 0 Å². The van der Waals surface area contributed by atoms with Crippen LogP contribution in [0, 0.1) is 0 Å². The summed E-state index contributed by atoms with van der Waals surface area (Å²) in [6.07, 6.45) is 0. The third-order valence-electron chi connectivity index (χ3n) is 1.92. The quantitative estimate of drug-likeness (QED) is 0.617. The summed E-state index contributed by atoms with van der Waals surface area (Å²) in [6.45, 7) is 3.11. The van der Waals surface area contributed by atoms with E-state index in [2.05, 4.69) is 20.7 Å². The molecule has 0 saturated heterocycles. The van der Waals surface area contributed by atoms with Gasteiger partial charge in [-0.2, -0.15) is 0 Å². The average molecular weight is 317 g/mol. The molecule has 0 N–H and O–H groups in total. The van der Waals surface area contributed by atoms with E-state index in [9.17, 15) is 9.59 Å². The molecular weight excluding hydrogens is 304 g/mol. The van der Waals surface area contributed by atoms with Crippen LogP contribution in [0.15, 0.2) is 22.7 Å². The zero-order chi connectivity index (χ0) is 13.5. The molecule has 1 aromatic carbocycles. The Kier molecular flexibility index (Phi) is 5.64. The largest absolute Gasteiger partial charge is 0.462 e. The smallest absolute Gasteiger partial charge is 0.338 e. The highest BCUT2D eigenvalue weighted by Crippen LogP contribution is 2.26. The van der Waals surface area contributed by atoms with Crippen LogP contribution in [0.2, 0.25) is 0 Å². The topological polar surface area (TPSA) is 61.8 Å². The van der Waals surface area contributed by atoms with Crippen LogP contribution < -0.4 is 4.74 Å². The maximum atomic E-state index is 11.5. The molecule has 0 heterocycles. The summed E-state index contributed by atoms with van der Waals surface area (Å²) in [5, 5.41) is 0. The van der Waals surface area contributed by atoms with Crippen molar-refractivity contribution in [2.75, 3.05) is 13.4 Å². The normalized spacial score (nSPS) is 9.72. The Hall–Kier alpha value is -1.56. The molecule has 0 spiro atoms. The molecule has 0 fully saturated rings. The molecule has 0 unspecified atom stereocenters. The summed E-state index contributed by atoms with van der Waals surface area (Å²) in [6, 6.07) is 4.79. The average Bonchev–Trinajstić information content (AvgIpc) is 2.31. The minimum absolute atomic E-state index is 0.208. The molecule has 98 valence electrons. The Morgan fingerprint density at radius 1 is 1.28 bits per heavy atom. The molecule has 0 aliphatic rings. The van der Waals surface area contributed by atoms with Crippen LogP contribution in [0.3, 0.4) is 0 Å². The van der Waals surface area contributed by atoms with Crippen molar-refractivity contribution in [2.45, 2.75) is 13.8 Å². The van der Waals surface area contributed by atoms with Crippen LogP contribution in [-0.4, -0.2) is 25.3 Å². The Morgan fingerprint density at radius 2 is 2.00 bits per heavy atom. The molecule has 0 amide bonds. The predicted octanol–water partition coefficient (Wildman–Crippen LogP) is 2.53. The van der Waals surface area contributed by atoms with Gasteiger partial charge < -0.3 is 14.2 Å². The molecular formula is C12H13BrO5. The van der Waals surface area contributed by atoms with Gasteiger partial charge in [0, 0.05) is 6.92 Å². The van der Waals surface area contributed by atoms with Crippen LogP contribution in [-0.2, 0) is 14.3 Å². The van der Waals surface area contributed by atoms with Crippen molar-refractivity contribution in [1.82, 2.24) is 0 Å². The first-order chi connectivity index (χ1) is 8.54. The second kappa shape index (κ2) is 7.00. The number of rotatable bonds is 5. The molecule has 0 radical (unpaired) electrons. The first-order valence-corrected chi connectivity index (χ1v) is 6.06. The molecule has 1 rings (SSSR count). The van der Waals surface area contributed by atoms with E-state index in [4.69, 9.17) is 9.47 Å². The van der Waals surface area contributed by atoms with E-state index in [1.165, 1.54) is 13.0 Å². The molecule has 18 heavy (non-hydrogen) atoms. The monoisotopic (exact) mass is 316 g/mol. The third-order valence-corrected chi connectivity index (χ3v) is 2.57. The number of carbonyl (C=O) groups is 2. The molecule has 0 aliphatic heterocycles. The van der Waals surface area contributed by atoms with E-state index in [-0.39, 0.29) is 6.79 Å². The van der Waals surface area contributed by atoms with Gasteiger partial charge in [-0.1, -0.05) is 0 Å². The first-order valence-electron chi connectivity index (χ1n) is 5.27. The minimum Gasteiger partial charge on any atom is -0.462 e. The molecule has 0 aliphatic carbocycles. The highest BCUT2D eigenvalue weighted by atomic mass is 79.9. The summed E-state index contributed by atoms with van der Waals surface area (Å²) >= 11 is 3.27. The summed E-state index contributed by atoms with van der Waals surface area (Å²) in [5.74, 6) is -0.461. The van der Waals surface area contributed by atoms with Crippen LogP contribution >= 0.6 is 15.9 Å². The van der Waals surface area contributed by atoms with Crippen molar-refractivity contribution in [3.63, 3.8) is 0 Å². The number of hydrogen-bond donors (Lipinski definition) is 0. The van der Waals surface area contributed by atoms with Crippen molar-refractivity contribution in [3.8, 4) is 5.75 Å². The zero-order valence-corrected chi connectivity index (χ0v) is 11.7. The number of benzene rings is 1. The Bertz CT molecular complexity index is 444. The maximum Gasteiger partial charge on any atom is 0.338 e. The summed E-state index contributed by atoms with van der Waals surface area (Å²) in [5.41, 5.74) is 0.373. The highest BCUT2D eigenvalue weighted by Gasteiger charge is 2.10. The highest BCUT2D eigenvalue weighted by molar-refractivity contribution is 9.10. The minimum atomic E-state index is -0.437. The van der Waals surface area contributed by atoms with Gasteiger partial charge >= 0.3 is 11.9 Å². The van der Waals surface area contributed by atoms with Crippen molar-refractivity contribution in [2.24, 2.45) is 0 Å². The number of ether oxygens (including phenoxy) is 3. The Labute approximate surface area is 113 Å². The van der Waals surface area contributed by atoms with E-state index in [1.807, 2.05) is 0 Å². The van der Waals surface area contributed by atoms with Crippen molar-refractivity contribution >= 4 is 27.9 Å². The molecule has 0 saturated carbocycles. The van der Waals surface area contributed by atoms with Gasteiger partial charge in [0.25, 0.3) is 0 Å². The molecule has 0 aromatic heterocycles. The van der Waals surface area contributed by atoms with E-state index in [0.717, 1.165) is 0 Å². The maximum absolute atomic E-state index is 11.5. The van der Waals surface area contributed by atoms with E-state index in [1.54, 1.807) is 19.1 Å². The summed E-state index contributed by atoms with van der Waals surface area (Å²) < 4.78 is 15.4. The molecule has 0 bridgehead atoms. The van der Waals surface area contributed by atoms with Gasteiger partial charge in [-0.05, 0) is 41.1 Å². The van der Waals surface area contributed by atoms with Crippen molar-refractivity contribution < 1.29 is 23.8 Å². The SMILES string of the molecule is CCOC(=O)c1ccc(Br)c(OCOC(C)=O)c1. The van der Waals surface area contributed by atoms with Gasteiger partial charge in [0.05, 0.1) is 16.6 Å². The number of halogens is 1. The van der Waals surface area contributed by atoms with Gasteiger partial charge in [0.1, 0.15) is 5.75 Å². The van der Waals surface area contributed by atoms with E-state index < -0.39 is 11.9 Å². The molecule has 6 heteroatoms. The van der Waals surface area contributed by atoms with Gasteiger partial charge in [-0.3, -0.25) is 4.79 Å². The van der Waals surface area contributed by atoms with E-state index >= 15 is 0 Å². The number of carbonyl (C=O) groups excluding carboxylic acids is 2. The fourth-order valence-electron chi connectivity index (χ4n) is 1.13. The summed E-state index contributed by atoms with van der Waals surface area (Å²) in [4.78, 5) is 22.1. The number of hydrogen-bond acceptors (Lipinski definition) is 5. The Morgan fingerprint density at radius 3 is 2.61 bits per heavy atom. The van der Waals surface area contributed by atoms with Gasteiger partial charge in [-0.25, -0.2) is 4.79 Å². The second-order valence-electron chi connectivity index (χ2n) is 3.26. The lowest BCUT2D eigenvalue weighted by Gasteiger charge is -2.09. The molecule has 5 nitrogen and oxygen atoms in total. The van der Waals surface area contributed by atoms with Crippen molar-refractivity contribution in [1.29, 1.82) is 0 Å². The molecule has 0 atom stereocenters. The van der Waals surface area contributed by atoms with Gasteiger partial charge in [0.2, 0.25) is 6.79 Å². The van der Waals surface area contributed by atoms with Crippen LogP contribution in [0.25, 0.3) is 0 Å². The fourth-order valence-corrected chi connectivity index (χ4v) is 1.49. The Balaban J connectivity index is 2.74.